The molecule has 0 aromatic heterocycles. The Hall–Kier alpha value is -1.32. The van der Waals surface area contributed by atoms with E-state index in [2.05, 4.69) is 13.5 Å². The van der Waals surface area contributed by atoms with Gasteiger partial charge in [-0.05, 0) is 25.3 Å². The van der Waals surface area contributed by atoms with Gasteiger partial charge >= 0.3 is 5.97 Å². The highest BCUT2D eigenvalue weighted by molar-refractivity contribution is 5.87. The summed E-state index contributed by atoms with van der Waals surface area (Å²) in [5.74, 6) is -0.182. The zero-order valence-corrected chi connectivity index (χ0v) is 12.6. The molecule has 0 unspecified atom stereocenters. The molecule has 1 rings (SSSR count). The van der Waals surface area contributed by atoms with Crippen molar-refractivity contribution in [3.8, 4) is 0 Å². The highest BCUT2D eigenvalue weighted by atomic mass is 16.5. The SMILES string of the molecule is C=CC(=O)N1CCC(C(=O)OCCCCCCC)CC1. The van der Waals surface area contributed by atoms with Crippen molar-refractivity contribution in [2.45, 2.75) is 51.9 Å². The van der Waals surface area contributed by atoms with Crippen LogP contribution in [0.5, 0.6) is 0 Å². The van der Waals surface area contributed by atoms with Crippen LogP contribution < -0.4 is 0 Å². The Morgan fingerprint density at radius 1 is 1.20 bits per heavy atom. The number of carbonyl (C=O) groups is 2. The van der Waals surface area contributed by atoms with Crippen molar-refractivity contribution in [1.82, 2.24) is 4.90 Å². The fraction of sp³-hybridized carbons (Fsp3) is 0.750. The minimum Gasteiger partial charge on any atom is -0.465 e. The van der Waals surface area contributed by atoms with Crippen molar-refractivity contribution in [3.63, 3.8) is 0 Å². The van der Waals surface area contributed by atoms with Gasteiger partial charge in [0.15, 0.2) is 0 Å². The van der Waals surface area contributed by atoms with Crippen molar-refractivity contribution in [1.29, 1.82) is 0 Å². The normalized spacial score (nSPS) is 15.9. The average molecular weight is 281 g/mol. The third-order valence-electron chi connectivity index (χ3n) is 3.81. The molecule has 20 heavy (non-hydrogen) atoms. The summed E-state index contributed by atoms with van der Waals surface area (Å²) >= 11 is 0. The lowest BCUT2D eigenvalue weighted by molar-refractivity contribution is -0.151. The van der Waals surface area contributed by atoms with Gasteiger partial charge in [0.1, 0.15) is 0 Å². The van der Waals surface area contributed by atoms with Crippen LogP contribution in [0.2, 0.25) is 0 Å². The van der Waals surface area contributed by atoms with E-state index in [9.17, 15) is 9.59 Å². The molecule has 1 heterocycles. The van der Waals surface area contributed by atoms with E-state index in [-0.39, 0.29) is 17.8 Å². The summed E-state index contributed by atoms with van der Waals surface area (Å²) in [6.07, 6.45) is 8.52. The molecular formula is C16H27NO3. The zero-order chi connectivity index (χ0) is 14.8. The van der Waals surface area contributed by atoms with E-state index < -0.39 is 0 Å². The van der Waals surface area contributed by atoms with Crippen LogP contribution >= 0.6 is 0 Å². The number of unbranched alkanes of at least 4 members (excludes halogenated alkanes) is 4. The highest BCUT2D eigenvalue weighted by Crippen LogP contribution is 2.19. The molecule has 0 spiro atoms. The molecular weight excluding hydrogens is 254 g/mol. The lowest BCUT2D eigenvalue weighted by atomic mass is 9.97. The summed E-state index contributed by atoms with van der Waals surface area (Å²) < 4.78 is 5.32. The van der Waals surface area contributed by atoms with Crippen LogP contribution in [0.3, 0.4) is 0 Å². The summed E-state index contributed by atoms with van der Waals surface area (Å²) in [6, 6.07) is 0. The minimum absolute atomic E-state index is 0.0421. The molecule has 114 valence electrons. The van der Waals surface area contributed by atoms with Gasteiger partial charge in [0.2, 0.25) is 5.91 Å². The number of nitrogens with zero attached hydrogens (tertiary/aromatic N) is 1. The quantitative estimate of drug-likeness (QED) is 0.390. The van der Waals surface area contributed by atoms with E-state index in [1.165, 1.54) is 25.3 Å². The maximum atomic E-state index is 11.9. The Balaban J connectivity index is 2.13. The molecule has 1 aliphatic heterocycles. The second-order valence-electron chi connectivity index (χ2n) is 5.39. The minimum atomic E-state index is -0.0915. The van der Waals surface area contributed by atoms with Crippen molar-refractivity contribution in [2.75, 3.05) is 19.7 Å². The molecule has 1 amide bonds. The molecule has 0 aromatic rings. The second kappa shape index (κ2) is 9.56. The number of rotatable bonds is 8. The van der Waals surface area contributed by atoms with Gasteiger partial charge in [0.05, 0.1) is 12.5 Å². The Bertz CT molecular complexity index is 320. The first-order valence-electron chi connectivity index (χ1n) is 7.77. The summed E-state index contributed by atoms with van der Waals surface area (Å²) in [5.41, 5.74) is 0. The highest BCUT2D eigenvalue weighted by Gasteiger charge is 2.27. The fourth-order valence-electron chi connectivity index (χ4n) is 2.46. The van der Waals surface area contributed by atoms with Crippen molar-refractivity contribution in [3.05, 3.63) is 12.7 Å². The van der Waals surface area contributed by atoms with Gasteiger partial charge in [-0.25, -0.2) is 0 Å². The predicted octanol–water partition coefficient (Wildman–Crippen LogP) is 2.92. The molecule has 1 fully saturated rings. The smallest absolute Gasteiger partial charge is 0.309 e. The van der Waals surface area contributed by atoms with Crippen LogP contribution in [0, 0.1) is 5.92 Å². The molecule has 4 nitrogen and oxygen atoms in total. The van der Waals surface area contributed by atoms with Gasteiger partial charge in [-0.15, -0.1) is 0 Å². The maximum Gasteiger partial charge on any atom is 0.309 e. The standard InChI is InChI=1S/C16H27NO3/c1-3-5-6-7-8-13-20-16(19)14-9-11-17(12-10-14)15(18)4-2/h4,14H,2-3,5-13H2,1H3. The monoisotopic (exact) mass is 281 g/mol. The molecule has 0 bridgehead atoms. The number of esters is 1. The van der Waals surface area contributed by atoms with Gasteiger partial charge in [0.25, 0.3) is 0 Å². The first kappa shape index (κ1) is 16.7. The van der Waals surface area contributed by atoms with Gasteiger partial charge in [-0.2, -0.15) is 0 Å². The first-order valence-corrected chi connectivity index (χ1v) is 7.77. The molecule has 0 atom stereocenters. The first-order chi connectivity index (χ1) is 9.69. The summed E-state index contributed by atoms with van der Waals surface area (Å²) in [5, 5.41) is 0. The lowest BCUT2D eigenvalue weighted by Gasteiger charge is -2.30. The molecule has 0 N–H and O–H groups in total. The van der Waals surface area contributed by atoms with Crippen molar-refractivity contribution in [2.24, 2.45) is 5.92 Å². The number of carbonyl (C=O) groups excluding carboxylic acids is 2. The Morgan fingerprint density at radius 3 is 2.45 bits per heavy atom. The number of amides is 1. The van der Waals surface area contributed by atoms with Crippen LogP contribution in [0.25, 0.3) is 0 Å². The van der Waals surface area contributed by atoms with E-state index in [0.29, 0.717) is 32.5 Å². The van der Waals surface area contributed by atoms with Crippen LogP contribution in [0.15, 0.2) is 12.7 Å². The number of ether oxygens (including phenoxy) is 1. The summed E-state index contributed by atoms with van der Waals surface area (Å²) in [6.45, 7) is 7.45. The Morgan fingerprint density at radius 2 is 1.85 bits per heavy atom. The third kappa shape index (κ3) is 5.76. The van der Waals surface area contributed by atoms with Gasteiger partial charge in [-0.1, -0.05) is 39.2 Å². The Kier molecular flexibility index (Phi) is 8.00. The molecule has 0 aliphatic carbocycles. The van der Waals surface area contributed by atoms with E-state index in [4.69, 9.17) is 4.74 Å². The maximum absolute atomic E-state index is 11.9. The lowest BCUT2D eigenvalue weighted by Crippen LogP contribution is -2.39. The third-order valence-corrected chi connectivity index (χ3v) is 3.81. The molecule has 0 aromatic carbocycles. The largest absolute Gasteiger partial charge is 0.465 e. The molecule has 0 radical (unpaired) electrons. The van der Waals surface area contributed by atoms with Crippen LogP contribution in [-0.2, 0) is 14.3 Å². The van der Waals surface area contributed by atoms with Gasteiger partial charge in [0, 0.05) is 13.1 Å². The van der Waals surface area contributed by atoms with E-state index in [1.807, 2.05) is 0 Å². The second-order valence-corrected chi connectivity index (χ2v) is 5.39. The molecule has 1 saturated heterocycles. The zero-order valence-electron chi connectivity index (χ0n) is 12.6. The molecule has 1 aliphatic rings. The van der Waals surface area contributed by atoms with E-state index in [1.54, 1.807) is 4.90 Å². The van der Waals surface area contributed by atoms with E-state index >= 15 is 0 Å². The average Bonchev–Trinajstić information content (AvgIpc) is 2.50. The van der Waals surface area contributed by atoms with Crippen molar-refractivity contribution >= 4 is 11.9 Å². The topological polar surface area (TPSA) is 46.6 Å². The van der Waals surface area contributed by atoms with Crippen molar-refractivity contribution < 1.29 is 14.3 Å². The number of hydrogen-bond acceptors (Lipinski definition) is 3. The van der Waals surface area contributed by atoms with Gasteiger partial charge in [-0.3, -0.25) is 9.59 Å². The predicted molar refractivity (Wildman–Crippen MR) is 79.2 cm³/mol. The molecule has 0 saturated carbocycles. The number of likely N-dealkylation sites (tertiary alicyclic amines) is 1. The van der Waals surface area contributed by atoms with Crippen LogP contribution in [0.4, 0.5) is 0 Å². The van der Waals surface area contributed by atoms with Gasteiger partial charge < -0.3 is 9.64 Å². The molecule has 4 heteroatoms. The number of hydrogen-bond donors (Lipinski definition) is 0. The fourth-order valence-corrected chi connectivity index (χ4v) is 2.46. The summed E-state index contributed by atoms with van der Waals surface area (Å²) in [7, 11) is 0. The Labute approximate surface area is 122 Å². The summed E-state index contributed by atoms with van der Waals surface area (Å²) in [4.78, 5) is 25.1. The van der Waals surface area contributed by atoms with E-state index in [0.717, 1.165) is 12.8 Å². The van der Waals surface area contributed by atoms with Crippen LogP contribution in [0.1, 0.15) is 51.9 Å². The van der Waals surface area contributed by atoms with Crippen LogP contribution in [-0.4, -0.2) is 36.5 Å². The number of piperidine rings is 1.